The van der Waals surface area contributed by atoms with Crippen LogP contribution in [0.1, 0.15) is 38.8 Å². The first-order valence-electron chi connectivity index (χ1n) is 7.69. The Morgan fingerprint density at radius 2 is 2.10 bits per heavy atom. The van der Waals surface area contributed by atoms with Gasteiger partial charge >= 0.3 is 0 Å². The molecule has 2 atom stereocenters. The molecule has 0 fully saturated rings. The van der Waals surface area contributed by atoms with Gasteiger partial charge in [-0.15, -0.1) is 0 Å². The Balaban J connectivity index is 2.00. The van der Waals surface area contributed by atoms with E-state index in [1.807, 2.05) is 18.2 Å². The molecule has 2 unspecified atom stereocenters. The summed E-state index contributed by atoms with van der Waals surface area (Å²) in [5.74, 6) is 0.959. The van der Waals surface area contributed by atoms with Gasteiger partial charge in [0.05, 0.1) is 11.6 Å². The number of hydrogen-bond donors (Lipinski definition) is 1. The summed E-state index contributed by atoms with van der Waals surface area (Å²) in [4.78, 5) is 0. The molecule has 0 aromatic heterocycles. The van der Waals surface area contributed by atoms with Crippen molar-refractivity contribution in [3.63, 3.8) is 0 Å². The Hall–Kier alpha value is -1.10. The first-order valence-corrected chi connectivity index (χ1v) is 7.69. The predicted octanol–water partition coefficient (Wildman–Crippen LogP) is 2.93. The van der Waals surface area contributed by atoms with Crippen molar-refractivity contribution in [2.45, 2.75) is 44.9 Å². The lowest BCUT2D eigenvalue weighted by Crippen LogP contribution is -2.41. The van der Waals surface area contributed by atoms with Crippen molar-refractivity contribution in [2.75, 3.05) is 26.9 Å². The lowest BCUT2D eigenvalue weighted by Gasteiger charge is -2.34. The molecule has 4 nitrogen and oxygen atoms in total. The normalized spacial score (nSPS) is 21.7. The summed E-state index contributed by atoms with van der Waals surface area (Å²) in [6, 6.07) is 8.36. The lowest BCUT2D eigenvalue weighted by molar-refractivity contribution is -0.0521. The Labute approximate surface area is 127 Å². The number of hydrogen-bond acceptors (Lipinski definition) is 4. The van der Waals surface area contributed by atoms with Gasteiger partial charge in [-0.3, -0.25) is 0 Å². The van der Waals surface area contributed by atoms with Crippen LogP contribution in [0.25, 0.3) is 0 Å². The van der Waals surface area contributed by atoms with E-state index >= 15 is 0 Å². The van der Waals surface area contributed by atoms with Crippen molar-refractivity contribution >= 4 is 0 Å². The summed E-state index contributed by atoms with van der Waals surface area (Å²) < 4.78 is 17.3. The fraction of sp³-hybridized carbons (Fsp3) is 0.647. The minimum absolute atomic E-state index is 0.0347. The highest BCUT2D eigenvalue weighted by atomic mass is 16.5. The number of methoxy groups -OCH3 is 1. The number of likely N-dealkylation sites (N-methyl/N-ethyl adjacent to an activating group) is 1. The SMILES string of the molecule is CCNC1c2ccccc2OCC1OCCC(C)(C)OC. The van der Waals surface area contributed by atoms with Crippen LogP contribution < -0.4 is 10.1 Å². The van der Waals surface area contributed by atoms with E-state index in [4.69, 9.17) is 14.2 Å². The van der Waals surface area contributed by atoms with Crippen LogP contribution in [0.5, 0.6) is 5.75 Å². The number of ether oxygens (including phenoxy) is 3. The highest BCUT2D eigenvalue weighted by Crippen LogP contribution is 2.33. The van der Waals surface area contributed by atoms with Gasteiger partial charge in [0.15, 0.2) is 0 Å². The number of fused-ring (bicyclic) bond motifs is 1. The molecule has 1 aromatic rings. The minimum atomic E-state index is -0.152. The van der Waals surface area contributed by atoms with Crippen molar-refractivity contribution < 1.29 is 14.2 Å². The van der Waals surface area contributed by atoms with E-state index in [2.05, 4.69) is 32.2 Å². The average Bonchev–Trinajstić information content (AvgIpc) is 2.49. The maximum Gasteiger partial charge on any atom is 0.124 e. The highest BCUT2D eigenvalue weighted by Gasteiger charge is 2.31. The van der Waals surface area contributed by atoms with E-state index in [1.165, 1.54) is 5.56 Å². The third kappa shape index (κ3) is 4.19. The third-order valence-corrected chi connectivity index (χ3v) is 4.04. The van der Waals surface area contributed by atoms with Gasteiger partial charge in [0.1, 0.15) is 18.5 Å². The molecule has 1 aliphatic rings. The molecule has 2 rings (SSSR count). The predicted molar refractivity (Wildman–Crippen MR) is 83.8 cm³/mol. The highest BCUT2D eigenvalue weighted by molar-refractivity contribution is 5.38. The molecule has 0 amide bonds. The van der Waals surface area contributed by atoms with Gasteiger partial charge < -0.3 is 19.5 Å². The number of para-hydroxylation sites is 1. The monoisotopic (exact) mass is 293 g/mol. The first-order chi connectivity index (χ1) is 10.1. The zero-order valence-corrected chi connectivity index (χ0v) is 13.5. The van der Waals surface area contributed by atoms with Gasteiger partial charge in [0.25, 0.3) is 0 Å². The van der Waals surface area contributed by atoms with Gasteiger partial charge in [-0.25, -0.2) is 0 Å². The summed E-state index contributed by atoms with van der Waals surface area (Å²) >= 11 is 0. The van der Waals surface area contributed by atoms with Crippen LogP contribution in [0, 0.1) is 0 Å². The van der Waals surface area contributed by atoms with Crippen molar-refractivity contribution in [3.05, 3.63) is 29.8 Å². The summed E-state index contributed by atoms with van der Waals surface area (Å²) in [6.07, 6.45) is 0.896. The van der Waals surface area contributed by atoms with Crippen molar-refractivity contribution in [1.82, 2.24) is 5.32 Å². The van der Waals surface area contributed by atoms with E-state index in [0.717, 1.165) is 18.7 Å². The Morgan fingerprint density at radius 3 is 2.81 bits per heavy atom. The minimum Gasteiger partial charge on any atom is -0.490 e. The lowest BCUT2D eigenvalue weighted by atomic mass is 9.98. The van der Waals surface area contributed by atoms with Gasteiger partial charge in [-0.05, 0) is 32.9 Å². The topological polar surface area (TPSA) is 39.7 Å². The third-order valence-electron chi connectivity index (χ3n) is 4.04. The van der Waals surface area contributed by atoms with E-state index in [9.17, 15) is 0 Å². The molecule has 0 radical (unpaired) electrons. The second-order valence-corrected chi connectivity index (χ2v) is 6.01. The largest absolute Gasteiger partial charge is 0.490 e. The van der Waals surface area contributed by atoms with E-state index in [0.29, 0.717) is 13.2 Å². The Kier molecular flexibility index (Phi) is 5.62. The van der Waals surface area contributed by atoms with Crippen molar-refractivity contribution in [2.24, 2.45) is 0 Å². The van der Waals surface area contributed by atoms with Crippen LogP contribution in [0.4, 0.5) is 0 Å². The maximum atomic E-state index is 6.08. The molecular weight excluding hydrogens is 266 g/mol. The fourth-order valence-electron chi connectivity index (χ4n) is 2.50. The molecule has 0 spiro atoms. The molecular formula is C17H27NO3. The molecule has 0 saturated heterocycles. The van der Waals surface area contributed by atoms with Gasteiger partial charge in [-0.2, -0.15) is 0 Å². The smallest absolute Gasteiger partial charge is 0.124 e. The van der Waals surface area contributed by atoms with E-state index < -0.39 is 0 Å². The molecule has 1 heterocycles. The second kappa shape index (κ2) is 7.25. The van der Waals surface area contributed by atoms with Crippen LogP contribution in [-0.4, -0.2) is 38.6 Å². The molecule has 4 heteroatoms. The zero-order valence-electron chi connectivity index (χ0n) is 13.5. The molecule has 1 N–H and O–H groups in total. The molecule has 1 aliphatic heterocycles. The quantitative estimate of drug-likeness (QED) is 0.839. The number of rotatable bonds is 7. The standard InChI is InChI=1S/C17H27NO3/c1-5-18-16-13-8-6-7-9-14(13)21-12-15(16)20-11-10-17(2,3)19-4/h6-9,15-16,18H,5,10-12H2,1-4H3. The van der Waals surface area contributed by atoms with Crippen LogP contribution in [0.15, 0.2) is 24.3 Å². The molecule has 0 saturated carbocycles. The van der Waals surface area contributed by atoms with E-state index in [-0.39, 0.29) is 17.7 Å². The van der Waals surface area contributed by atoms with Crippen molar-refractivity contribution in [3.8, 4) is 5.75 Å². The summed E-state index contributed by atoms with van der Waals surface area (Å²) in [5.41, 5.74) is 1.03. The number of nitrogens with one attached hydrogen (secondary N) is 1. The average molecular weight is 293 g/mol. The zero-order chi connectivity index (χ0) is 15.3. The summed E-state index contributed by atoms with van der Waals surface area (Å²) in [6.45, 7) is 8.42. The van der Waals surface area contributed by atoms with Crippen LogP contribution >= 0.6 is 0 Å². The van der Waals surface area contributed by atoms with Crippen LogP contribution in [0.2, 0.25) is 0 Å². The molecule has 118 valence electrons. The first kappa shape index (κ1) is 16.3. The van der Waals surface area contributed by atoms with Gasteiger partial charge in [-0.1, -0.05) is 25.1 Å². The fourth-order valence-corrected chi connectivity index (χ4v) is 2.50. The van der Waals surface area contributed by atoms with Crippen LogP contribution in [0.3, 0.4) is 0 Å². The summed E-state index contributed by atoms with van der Waals surface area (Å²) in [7, 11) is 1.74. The number of benzene rings is 1. The van der Waals surface area contributed by atoms with E-state index in [1.54, 1.807) is 7.11 Å². The Morgan fingerprint density at radius 1 is 1.33 bits per heavy atom. The second-order valence-electron chi connectivity index (χ2n) is 6.01. The van der Waals surface area contributed by atoms with Gasteiger partial charge in [0.2, 0.25) is 0 Å². The van der Waals surface area contributed by atoms with Crippen LogP contribution in [-0.2, 0) is 9.47 Å². The Bertz CT molecular complexity index is 447. The van der Waals surface area contributed by atoms with Crippen molar-refractivity contribution in [1.29, 1.82) is 0 Å². The molecule has 0 bridgehead atoms. The maximum absolute atomic E-state index is 6.08. The molecule has 0 aliphatic carbocycles. The molecule has 21 heavy (non-hydrogen) atoms. The summed E-state index contributed by atoms with van der Waals surface area (Å²) in [5, 5.41) is 3.52. The van der Waals surface area contributed by atoms with Gasteiger partial charge in [0, 0.05) is 19.3 Å². The molecule has 1 aromatic carbocycles.